The summed E-state index contributed by atoms with van der Waals surface area (Å²) < 4.78 is 45.8. The van der Waals surface area contributed by atoms with E-state index in [0.717, 1.165) is 18.2 Å². The van der Waals surface area contributed by atoms with Gasteiger partial charge in [0.25, 0.3) is 5.89 Å². The van der Waals surface area contributed by atoms with E-state index < -0.39 is 23.4 Å². The molecule has 0 aliphatic carbocycles. The molecule has 1 fully saturated rings. The van der Waals surface area contributed by atoms with Crippen LogP contribution in [0.15, 0.2) is 47.0 Å². The van der Waals surface area contributed by atoms with Gasteiger partial charge in [0, 0.05) is 30.5 Å². The van der Waals surface area contributed by atoms with Crippen LogP contribution < -0.4 is 4.90 Å². The quantitative estimate of drug-likeness (QED) is 0.716. The molecule has 0 N–H and O–H groups in total. The maximum atomic E-state index is 13.9. The van der Waals surface area contributed by atoms with E-state index >= 15 is 0 Å². The molecule has 132 valence electrons. The van der Waals surface area contributed by atoms with Gasteiger partial charge >= 0.3 is 0 Å². The smallest absolute Gasteiger partial charge is 0.258 e. The summed E-state index contributed by atoms with van der Waals surface area (Å²) in [6, 6.07) is 8.62. The van der Waals surface area contributed by atoms with Crippen LogP contribution in [0.3, 0.4) is 0 Å². The molecule has 3 aromatic rings. The van der Waals surface area contributed by atoms with Crippen LogP contribution in [0.2, 0.25) is 0 Å². The van der Waals surface area contributed by atoms with Gasteiger partial charge in [-0.1, -0.05) is 11.2 Å². The third kappa shape index (κ3) is 2.94. The molecular formula is C18H12F3N3O2. The van der Waals surface area contributed by atoms with Crippen LogP contribution >= 0.6 is 0 Å². The number of hydrogen-bond donors (Lipinski definition) is 0. The molecule has 2 heterocycles. The van der Waals surface area contributed by atoms with Gasteiger partial charge in [-0.3, -0.25) is 4.79 Å². The molecule has 2 aromatic carbocycles. The van der Waals surface area contributed by atoms with E-state index in [4.69, 9.17) is 4.52 Å². The van der Waals surface area contributed by atoms with E-state index in [2.05, 4.69) is 10.1 Å². The lowest BCUT2D eigenvalue weighted by Gasteiger charge is -2.16. The van der Waals surface area contributed by atoms with Crippen molar-refractivity contribution in [2.75, 3.05) is 11.4 Å². The molecule has 0 saturated carbocycles. The van der Waals surface area contributed by atoms with Crippen molar-refractivity contribution in [3.8, 4) is 11.5 Å². The SMILES string of the molecule is O=C1CC(c2noc(-c3cccc(F)c3)n2)CN1c1cc(F)ccc1F. The van der Waals surface area contributed by atoms with Gasteiger partial charge < -0.3 is 9.42 Å². The Morgan fingerprint density at radius 2 is 1.88 bits per heavy atom. The summed E-state index contributed by atoms with van der Waals surface area (Å²) in [4.78, 5) is 17.6. The summed E-state index contributed by atoms with van der Waals surface area (Å²) in [6.07, 6.45) is 0.0398. The zero-order valence-electron chi connectivity index (χ0n) is 13.3. The predicted molar refractivity (Wildman–Crippen MR) is 85.8 cm³/mol. The van der Waals surface area contributed by atoms with Crippen molar-refractivity contribution in [1.82, 2.24) is 10.1 Å². The molecule has 5 nitrogen and oxygen atoms in total. The van der Waals surface area contributed by atoms with Crippen molar-refractivity contribution >= 4 is 11.6 Å². The van der Waals surface area contributed by atoms with Crippen LogP contribution in [0, 0.1) is 17.5 Å². The molecule has 1 saturated heterocycles. The Kier molecular flexibility index (Phi) is 3.95. The van der Waals surface area contributed by atoms with Crippen LogP contribution in [0.4, 0.5) is 18.9 Å². The average Bonchev–Trinajstić information content (AvgIpc) is 3.24. The first-order chi connectivity index (χ1) is 12.5. The van der Waals surface area contributed by atoms with Gasteiger partial charge in [-0.2, -0.15) is 4.98 Å². The van der Waals surface area contributed by atoms with Gasteiger partial charge in [0.15, 0.2) is 5.82 Å². The second kappa shape index (κ2) is 6.29. The number of amides is 1. The lowest BCUT2D eigenvalue weighted by atomic mass is 10.1. The minimum atomic E-state index is -0.686. The van der Waals surface area contributed by atoms with Gasteiger partial charge in [0.1, 0.15) is 17.5 Å². The van der Waals surface area contributed by atoms with E-state index in [-0.39, 0.29) is 36.3 Å². The molecule has 1 unspecified atom stereocenters. The fourth-order valence-corrected chi connectivity index (χ4v) is 2.95. The second-order valence-electron chi connectivity index (χ2n) is 5.97. The number of anilines is 1. The molecular weight excluding hydrogens is 347 g/mol. The number of aromatic nitrogens is 2. The Bertz CT molecular complexity index is 989. The predicted octanol–water partition coefficient (Wildman–Crippen LogP) is 3.67. The van der Waals surface area contributed by atoms with Crippen LogP contribution in [0.1, 0.15) is 18.2 Å². The molecule has 1 aromatic heterocycles. The Morgan fingerprint density at radius 3 is 2.69 bits per heavy atom. The standard InChI is InChI=1S/C18H12F3N3O2/c19-12-3-1-2-10(6-12)18-22-17(23-26-18)11-7-16(25)24(9-11)15-8-13(20)4-5-14(15)21/h1-6,8,11H,7,9H2. The van der Waals surface area contributed by atoms with Gasteiger partial charge in [-0.05, 0) is 30.3 Å². The molecule has 1 amide bonds. The summed E-state index contributed by atoms with van der Waals surface area (Å²) in [5.41, 5.74) is 0.299. The highest BCUT2D eigenvalue weighted by Gasteiger charge is 2.36. The van der Waals surface area contributed by atoms with Gasteiger partial charge in [-0.25, -0.2) is 13.2 Å². The largest absolute Gasteiger partial charge is 0.334 e. The minimum Gasteiger partial charge on any atom is -0.334 e. The Balaban J connectivity index is 1.59. The lowest BCUT2D eigenvalue weighted by Crippen LogP contribution is -2.25. The second-order valence-corrected chi connectivity index (χ2v) is 5.97. The van der Waals surface area contributed by atoms with Crippen LogP contribution in [0.25, 0.3) is 11.5 Å². The highest BCUT2D eigenvalue weighted by atomic mass is 19.1. The lowest BCUT2D eigenvalue weighted by molar-refractivity contribution is -0.117. The average molecular weight is 359 g/mol. The molecule has 1 atom stereocenters. The topological polar surface area (TPSA) is 59.2 Å². The molecule has 26 heavy (non-hydrogen) atoms. The Morgan fingerprint density at radius 1 is 1.08 bits per heavy atom. The van der Waals surface area contributed by atoms with Crippen molar-refractivity contribution in [2.24, 2.45) is 0 Å². The van der Waals surface area contributed by atoms with Crippen molar-refractivity contribution < 1.29 is 22.5 Å². The van der Waals surface area contributed by atoms with Crippen molar-refractivity contribution in [1.29, 1.82) is 0 Å². The third-order valence-electron chi connectivity index (χ3n) is 4.20. The molecule has 8 heteroatoms. The first-order valence-electron chi connectivity index (χ1n) is 7.86. The fraction of sp³-hybridized carbons (Fsp3) is 0.167. The van der Waals surface area contributed by atoms with Crippen LogP contribution in [-0.2, 0) is 4.79 Å². The Hall–Kier alpha value is -3.16. The highest BCUT2D eigenvalue weighted by Crippen LogP contribution is 2.33. The fourth-order valence-electron chi connectivity index (χ4n) is 2.95. The number of carbonyl (C=O) groups is 1. The molecule has 1 aliphatic heterocycles. The monoisotopic (exact) mass is 359 g/mol. The molecule has 1 aliphatic rings. The molecule has 4 rings (SSSR count). The summed E-state index contributed by atoms with van der Waals surface area (Å²) in [7, 11) is 0. The number of nitrogens with zero attached hydrogens (tertiary/aromatic N) is 3. The van der Waals surface area contributed by atoms with Crippen LogP contribution in [-0.4, -0.2) is 22.6 Å². The summed E-state index contributed by atoms with van der Waals surface area (Å²) in [5, 5.41) is 3.85. The number of benzene rings is 2. The molecule has 0 radical (unpaired) electrons. The minimum absolute atomic E-state index is 0.0398. The number of carbonyl (C=O) groups excluding carboxylic acids is 1. The maximum Gasteiger partial charge on any atom is 0.258 e. The normalized spacial score (nSPS) is 17.1. The van der Waals surface area contributed by atoms with Gasteiger partial charge in [-0.15, -0.1) is 0 Å². The zero-order chi connectivity index (χ0) is 18.3. The van der Waals surface area contributed by atoms with E-state index in [1.165, 1.54) is 23.1 Å². The van der Waals surface area contributed by atoms with Crippen molar-refractivity contribution in [3.05, 3.63) is 65.7 Å². The van der Waals surface area contributed by atoms with E-state index in [1.54, 1.807) is 6.07 Å². The summed E-state index contributed by atoms with van der Waals surface area (Å²) in [5.74, 6) is -2.17. The van der Waals surface area contributed by atoms with E-state index in [9.17, 15) is 18.0 Å². The highest BCUT2D eigenvalue weighted by molar-refractivity contribution is 5.96. The molecule has 0 bridgehead atoms. The van der Waals surface area contributed by atoms with E-state index in [1.807, 2.05) is 0 Å². The summed E-state index contributed by atoms with van der Waals surface area (Å²) in [6.45, 7) is 0.0985. The third-order valence-corrected chi connectivity index (χ3v) is 4.20. The number of halogens is 3. The van der Waals surface area contributed by atoms with Crippen molar-refractivity contribution in [2.45, 2.75) is 12.3 Å². The number of hydrogen-bond acceptors (Lipinski definition) is 4. The first-order valence-corrected chi connectivity index (χ1v) is 7.86. The zero-order valence-corrected chi connectivity index (χ0v) is 13.3. The van der Waals surface area contributed by atoms with Crippen LogP contribution in [0.5, 0.6) is 0 Å². The molecule has 0 spiro atoms. The Labute approximate surface area is 146 Å². The summed E-state index contributed by atoms with van der Waals surface area (Å²) >= 11 is 0. The van der Waals surface area contributed by atoms with Gasteiger partial charge in [0.2, 0.25) is 5.91 Å². The van der Waals surface area contributed by atoms with E-state index in [0.29, 0.717) is 5.56 Å². The number of rotatable bonds is 3. The van der Waals surface area contributed by atoms with Crippen molar-refractivity contribution in [3.63, 3.8) is 0 Å². The van der Waals surface area contributed by atoms with Gasteiger partial charge in [0.05, 0.1) is 5.69 Å². The first kappa shape index (κ1) is 16.3. The maximum absolute atomic E-state index is 13.9.